The van der Waals surface area contributed by atoms with Gasteiger partial charge >= 0.3 is 17.6 Å². The van der Waals surface area contributed by atoms with Crippen molar-refractivity contribution in [1.82, 2.24) is 14.2 Å². The summed E-state index contributed by atoms with van der Waals surface area (Å²) in [6.45, 7) is 3.76. The van der Waals surface area contributed by atoms with Gasteiger partial charge in [0, 0.05) is 22.7 Å². The molecule has 3 rings (SSSR count). The van der Waals surface area contributed by atoms with Gasteiger partial charge < -0.3 is 9.47 Å². The summed E-state index contributed by atoms with van der Waals surface area (Å²) in [6.07, 6.45) is 2.41. The molecule has 0 aliphatic carbocycles. The lowest BCUT2D eigenvalue weighted by molar-refractivity contribution is -0.137. The van der Waals surface area contributed by atoms with Crippen molar-refractivity contribution in [2.75, 3.05) is 13.2 Å². The third-order valence-corrected chi connectivity index (χ3v) is 3.96. The summed E-state index contributed by atoms with van der Waals surface area (Å²) in [4.78, 5) is 36.5. The second kappa shape index (κ2) is 7.63. The Bertz CT molecular complexity index is 1130. The van der Waals surface area contributed by atoms with Crippen LogP contribution < -0.4 is 5.69 Å². The highest BCUT2D eigenvalue weighted by Crippen LogP contribution is 2.23. The van der Waals surface area contributed by atoms with Crippen molar-refractivity contribution in [2.45, 2.75) is 13.8 Å². The molecule has 140 valence electrons. The Kier molecular flexibility index (Phi) is 5.27. The highest BCUT2D eigenvalue weighted by Gasteiger charge is 2.17. The minimum atomic E-state index is -0.628. The minimum Gasteiger partial charge on any atom is -0.463 e. The number of rotatable bonds is 5. The zero-order valence-electron chi connectivity index (χ0n) is 14.6. The van der Waals surface area contributed by atoms with Gasteiger partial charge in [0.15, 0.2) is 5.69 Å². The van der Waals surface area contributed by atoms with Crippen molar-refractivity contribution in [3.8, 4) is 0 Å². The zero-order valence-corrected chi connectivity index (χ0v) is 15.4. The molecule has 9 heteroatoms. The van der Waals surface area contributed by atoms with E-state index in [0.717, 1.165) is 10.6 Å². The lowest BCUT2D eigenvalue weighted by Crippen LogP contribution is -2.25. The summed E-state index contributed by atoms with van der Waals surface area (Å²) in [5.41, 5.74) is 0.319. The van der Waals surface area contributed by atoms with Crippen molar-refractivity contribution in [1.29, 1.82) is 0 Å². The van der Waals surface area contributed by atoms with Crippen LogP contribution in [-0.2, 0) is 14.3 Å². The number of benzene rings is 1. The molecule has 0 aliphatic heterocycles. The zero-order chi connectivity index (χ0) is 19.6. The normalized spacial score (nSPS) is 11.4. The fraction of sp³-hybridized carbons (Fsp3) is 0.222. The van der Waals surface area contributed by atoms with E-state index in [2.05, 4.69) is 5.10 Å². The van der Waals surface area contributed by atoms with Gasteiger partial charge in [-0.15, -0.1) is 0 Å². The first kappa shape index (κ1) is 18.7. The molecule has 3 aromatic rings. The van der Waals surface area contributed by atoms with E-state index < -0.39 is 17.6 Å². The number of hydrogen-bond donors (Lipinski definition) is 0. The summed E-state index contributed by atoms with van der Waals surface area (Å²) in [7, 11) is 0. The number of carbonyl (C=O) groups is 2. The van der Waals surface area contributed by atoms with Crippen molar-refractivity contribution in [3.05, 3.63) is 51.5 Å². The maximum atomic E-state index is 12.9. The van der Waals surface area contributed by atoms with Crippen LogP contribution >= 0.6 is 11.6 Å². The smallest absolute Gasteiger partial charge is 0.358 e. The van der Waals surface area contributed by atoms with E-state index in [1.807, 2.05) is 0 Å². The predicted molar refractivity (Wildman–Crippen MR) is 99.9 cm³/mol. The van der Waals surface area contributed by atoms with Crippen molar-refractivity contribution in [2.24, 2.45) is 0 Å². The minimum absolute atomic E-state index is 0.0114. The molecule has 0 bridgehead atoms. The lowest BCUT2D eigenvalue weighted by Gasteiger charge is -2.08. The Balaban J connectivity index is 2.28. The van der Waals surface area contributed by atoms with Gasteiger partial charge in [0.1, 0.15) is 0 Å². The molecule has 0 spiro atoms. The Morgan fingerprint density at radius 3 is 2.59 bits per heavy atom. The average Bonchev–Trinajstić information content (AvgIpc) is 3.08. The quantitative estimate of drug-likeness (QED) is 0.492. The Morgan fingerprint density at radius 1 is 1.15 bits per heavy atom. The van der Waals surface area contributed by atoms with Crippen LogP contribution in [0.3, 0.4) is 0 Å². The van der Waals surface area contributed by atoms with Gasteiger partial charge in [-0.1, -0.05) is 11.6 Å². The van der Waals surface area contributed by atoms with E-state index in [9.17, 15) is 14.4 Å². The van der Waals surface area contributed by atoms with Crippen LogP contribution in [0.25, 0.3) is 22.6 Å². The molecular weight excluding hydrogens is 374 g/mol. The molecule has 0 fully saturated rings. The molecule has 2 aromatic heterocycles. The van der Waals surface area contributed by atoms with Crippen molar-refractivity contribution in [3.63, 3.8) is 0 Å². The summed E-state index contributed by atoms with van der Waals surface area (Å²) >= 11 is 6.08. The second-order valence-electron chi connectivity index (χ2n) is 5.43. The fourth-order valence-corrected chi connectivity index (χ4v) is 2.79. The second-order valence-corrected chi connectivity index (χ2v) is 5.87. The topological polar surface area (TPSA) is 91.9 Å². The first-order chi connectivity index (χ1) is 13.0. The molecule has 8 nitrogen and oxygen atoms in total. The summed E-state index contributed by atoms with van der Waals surface area (Å²) < 4.78 is 12.1. The van der Waals surface area contributed by atoms with E-state index in [1.165, 1.54) is 16.8 Å². The van der Waals surface area contributed by atoms with E-state index in [-0.39, 0.29) is 18.9 Å². The van der Waals surface area contributed by atoms with Gasteiger partial charge in [0.2, 0.25) is 0 Å². The predicted octanol–water partition coefficient (Wildman–Crippen LogP) is 2.51. The van der Waals surface area contributed by atoms with Crippen LogP contribution in [0, 0.1) is 0 Å². The van der Waals surface area contributed by atoms with Crippen LogP contribution in [0.5, 0.6) is 0 Å². The number of nitrogens with zero attached hydrogens (tertiary/aromatic N) is 3. The standard InChI is InChI=1S/C18H16ClN3O5/c1-3-26-16(23)7-8-21-14-9-11(19)5-6-12(14)15-10-13(17(24)27-4-2)20-22(15)18(21)25/h5-10H,3-4H2,1-2H3. The molecule has 0 radical (unpaired) electrons. The van der Waals surface area contributed by atoms with Crippen LogP contribution in [0.2, 0.25) is 5.02 Å². The summed E-state index contributed by atoms with van der Waals surface area (Å²) in [6, 6.07) is 6.43. The number of aromatic nitrogens is 3. The van der Waals surface area contributed by atoms with Gasteiger partial charge in [-0.25, -0.2) is 14.4 Å². The van der Waals surface area contributed by atoms with Crippen molar-refractivity contribution < 1.29 is 19.1 Å². The number of halogens is 1. The number of ether oxygens (including phenoxy) is 2. The SMILES string of the molecule is CCOC(=O)C=Cn1c(=O)n2nc(C(=O)OCC)cc2c2ccc(Cl)cc21. The van der Waals surface area contributed by atoms with Crippen LogP contribution in [0.1, 0.15) is 24.3 Å². The average molecular weight is 390 g/mol. The van der Waals surface area contributed by atoms with E-state index in [0.29, 0.717) is 21.4 Å². The highest BCUT2D eigenvalue weighted by atomic mass is 35.5. The van der Waals surface area contributed by atoms with Crippen molar-refractivity contribution >= 4 is 46.2 Å². The molecule has 0 saturated heterocycles. The summed E-state index contributed by atoms with van der Waals surface area (Å²) in [5, 5.41) is 5.09. The maximum absolute atomic E-state index is 12.9. The van der Waals surface area contributed by atoms with E-state index >= 15 is 0 Å². The third kappa shape index (κ3) is 3.56. The molecule has 1 aromatic carbocycles. The molecular formula is C18H16ClN3O5. The van der Waals surface area contributed by atoms with Crippen LogP contribution in [0.4, 0.5) is 0 Å². The first-order valence-corrected chi connectivity index (χ1v) is 8.59. The lowest BCUT2D eigenvalue weighted by atomic mass is 10.2. The van der Waals surface area contributed by atoms with Gasteiger partial charge in [-0.3, -0.25) is 4.57 Å². The van der Waals surface area contributed by atoms with Gasteiger partial charge in [0.05, 0.1) is 24.2 Å². The molecule has 0 atom stereocenters. The van der Waals surface area contributed by atoms with Gasteiger partial charge in [0.25, 0.3) is 0 Å². The van der Waals surface area contributed by atoms with Gasteiger partial charge in [-0.05, 0) is 38.1 Å². The number of fused-ring (bicyclic) bond motifs is 3. The Labute approximate surface area is 158 Å². The molecule has 0 amide bonds. The Hall–Kier alpha value is -3.13. The monoisotopic (exact) mass is 389 g/mol. The molecule has 2 heterocycles. The maximum Gasteiger partial charge on any atom is 0.358 e. The number of hydrogen-bond acceptors (Lipinski definition) is 6. The summed E-state index contributed by atoms with van der Waals surface area (Å²) in [5.74, 6) is -1.22. The fourth-order valence-electron chi connectivity index (χ4n) is 2.62. The van der Waals surface area contributed by atoms with E-state index in [4.69, 9.17) is 21.1 Å². The molecule has 0 N–H and O–H groups in total. The first-order valence-electron chi connectivity index (χ1n) is 8.21. The number of esters is 2. The number of carbonyl (C=O) groups excluding carboxylic acids is 2. The van der Waals surface area contributed by atoms with Crippen LogP contribution in [-0.4, -0.2) is 39.3 Å². The molecule has 0 saturated carbocycles. The largest absolute Gasteiger partial charge is 0.463 e. The third-order valence-electron chi connectivity index (χ3n) is 3.72. The Morgan fingerprint density at radius 2 is 1.89 bits per heavy atom. The highest BCUT2D eigenvalue weighted by molar-refractivity contribution is 6.31. The van der Waals surface area contributed by atoms with Crippen LogP contribution in [0.15, 0.2) is 35.1 Å². The van der Waals surface area contributed by atoms with E-state index in [1.54, 1.807) is 32.0 Å². The molecule has 0 aliphatic rings. The molecule has 27 heavy (non-hydrogen) atoms. The van der Waals surface area contributed by atoms with Gasteiger partial charge in [-0.2, -0.15) is 9.61 Å². The molecule has 0 unspecified atom stereocenters.